The highest BCUT2D eigenvalue weighted by Gasteiger charge is 2.13. The van der Waals surface area contributed by atoms with Gasteiger partial charge in [-0.05, 0) is 50.0 Å². The van der Waals surface area contributed by atoms with E-state index in [9.17, 15) is 0 Å². The lowest BCUT2D eigenvalue weighted by atomic mass is 9.99. The maximum atomic E-state index is 5.90. The molecular formula is C12H15Cl2NO. The molecule has 0 atom stereocenters. The molecule has 1 aliphatic rings. The first-order chi connectivity index (χ1) is 7.74. The fraction of sp³-hybridized carbons (Fsp3) is 0.500. The van der Waals surface area contributed by atoms with Crippen LogP contribution in [0.2, 0.25) is 10.0 Å². The molecule has 1 N–H and O–H groups in total. The Kier molecular flexibility index (Phi) is 4.33. The molecule has 1 aromatic rings. The van der Waals surface area contributed by atoms with Crippen LogP contribution in [0.15, 0.2) is 18.2 Å². The lowest BCUT2D eigenvalue weighted by Crippen LogP contribution is -2.30. The number of halogens is 2. The molecule has 88 valence electrons. The second kappa shape index (κ2) is 5.76. The third kappa shape index (κ3) is 3.55. The molecule has 2 rings (SSSR count). The highest BCUT2D eigenvalue weighted by Crippen LogP contribution is 2.25. The van der Waals surface area contributed by atoms with Gasteiger partial charge in [0, 0.05) is 10.0 Å². The van der Waals surface area contributed by atoms with E-state index >= 15 is 0 Å². The Hall–Kier alpha value is -0.440. The molecule has 1 saturated heterocycles. The maximum Gasteiger partial charge on any atom is 0.122 e. The van der Waals surface area contributed by atoms with E-state index in [2.05, 4.69) is 5.32 Å². The molecular weight excluding hydrogens is 245 g/mol. The van der Waals surface area contributed by atoms with Gasteiger partial charge in [-0.25, -0.2) is 0 Å². The van der Waals surface area contributed by atoms with Crippen LogP contribution in [0.3, 0.4) is 0 Å². The summed E-state index contributed by atoms with van der Waals surface area (Å²) < 4.78 is 5.71. The van der Waals surface area contributed by atoms with Crippen molar-refractivity contribution in [2.45, 2.75) is 12.8 Å². The standard InChI is InChI=1S/C12H15Cl2NO/c13-10-5-11(14)7-12(6-10)16-8-9-1-3-15-4-2-9/h5-7,9,15H,1-4,8H2. The summed E-state index contributed by atoms with van der Waals surface area (Å²) in [6.45, 7) is 2.92. The summed E-state index contributed by atoms with van der Waals surface area (Å²) in [6, 6.07) is 5.31. The number of ether oxygens (including phenoxy) is 1. The molecule has 1 aromatic carbocycles. The normalized spacial score (nSPS) is 17.4. The van der Waals surface area contributed by atoms with Crippen molar-refractivity contribution in [1.29, 1.82) is 0 Å². The zero-order valence-electron chi connectivity index (χ0n) is 9.01. The van der Waals surface area contributed by atoms with Crippen molar-refractivity contribution in [1.82, 2.24) is 5.32 Å². The maximum absolute atomic E-state index is 5.90. The van der Waals surface area contributed by atoms with Crippen LogP contribution in [0.5, 0.6) is 5.75 Å². The van der Waals surface area contributed by atoms with E-state index in [1.54, 1.807) is 18.2 Å². The molecule has 0 unspecified atom stereocenters. The second-order valence-electron chi connectivity index (χ2n) is 4.11. The van der Waals surface area contributed by atoms with E-state index < -0.39 is 0 Å². The van der Waals surface area contributed by atoms with Gasteiger partial charge in [0.15, 0.2) is 0 Å². The van der Waals surface area contributed by atoms with Gasteiger partial charge < -0.3 is 10.1 Å². The van der Waals surface area contributed by atoms with Gasteiger partial charge in [-0.3, -0.25) is 0 Å². The number of nitrogens with one attached hydrogen (secondary N) is 1. The lowest BCUT2D eigenvalue weighted by molar-refractivity contribution is 0.215. The van der Waals surface area contributed by atoms with Crippen LogP contribution < -0.4 is 10.1 Å². The minimum atomic E-state index is 0.618. The molecule has 0 aromatic heterocycles. The monoisotopic (exact) mass is 259 g/mol. The molecule has 2 nitrogen and oxygen atoms in total. The number of hydrogen-bond donors (Lipinski definition) is 1. The Morgan fingerprint density at radius 2 is 1.75 bits per heavy atom. The van der Waals surface area contributed by atoms with Gasteiger partial charge in [0.25, 0.3) is 0 Å². The van der Waals surface area contributed by atoms with Crippen LogP contribution in [-0.2, 0) is 0 Å². The van der Waals surface area contributed by atoms with Crippen LogP contribution >= 0.6 is 23.2 Å². The molecule has 0 spiro atoms. The van der Waals surface area contributed by atoms with Gasteiger partial charge in [-0.15, -0.1) is 0 Å². The van der Waals surface area contributed by atoms with E-state index in [0.29, 0.717) is 16.0 Å². The minimum Gasteiger partial charge on any atom is -0.493 e. The van der Waals surface area contributed by atoms with Gasteiger partial charge in [-0.2, -0.15) is 0 Å². The van der Waals surface area contributed by atoms with Gasteiger partial charge in [0.05, 0.1) is 6.61 Å². The molecule has 1 fully saturated rings. The average molecular weight is 260 g/mol. The van der Waals surface area contributed by atoms with E-state index in [-0.39, 0.29) is 0 Å². The average Bonchev–Trinajstić information content (AvgIpc) is 2.27. The number of hydrogen-bond acceptors (Lipinski definition) is 2. The fourth-order valence-electron chi connectivity index (χ4n) is 1.87. The van der Waals surface area contributed by atoms with Gasteiger partial charge in [0.2, 0.25) is 0 Å². The van der Waals surface area contributed by atoms with E-state index in [1.807, 2.05) is 0 Å². The molecule has 0 aliphatic carbocycles. The quantitative estimate of drug-likeness (QED) is 0.899. The Morgan fingerprint density at radius 1 is 1.12 bits per heavy atom. The number of piperidine rings is 1. The first-order valence-electron chi connectivity index (χ1n) is 5.53. The summed E-state index contributed by atoms with van der Waals surface area (Å²) in [5.41, 5.74) is 0. The molecule has 1 heterocycles. The summed E-state index contributed by atoms with van der Waals surface area (Å²) in [4.78, 5) is 0. The Morgan fingerprint density at radius 3 is 2.38 bits per heavy atom. The van der Waals surface area contributed by atoms with Gasteiger partial charge >= 0.3 is 0 Å². The summed E-state index contributed by atoms with van der Waals surface area (Å²) in [5.74, 6) is 1.40. The highest BCUT2D eigenvalue weighted by atomic mass is 35.5. The largest absolute Gasteiger partial charge is 0.493 e. The van der Waals surface area contributed by atoms with Crippen molar-refractivity contribution < 1.29 is 4.74 Å². The van der Waals surface area contributed by atoms with Gasteiger partial charge in [-0.1, -0.05) is 23.2 Å². The topological polar surface area (TPSA) is 21.3 Å². The van der Waals surface area contributed by atoms with E-state index in [0.717, 1.165) is 25.4 Å². The first kappa shape index (κ1) is 12.0. The van der Waals surface area contributed by atoms with Crippen molar-refractivity contribution >= 4 is 23.2 Å². The Balaban J connectivity index is 1.88. The SMILES string of the molecule is Clc1cc(Cl)cc(OCC2CCNCC2)c1. The van der Waals surface area contributed by atoms with Crippen LogP contribution in [0.4, 0.5) is 0 Å². The Labute approximate surface area is 106 Å². The third-order valence-electron chi connectivity index (χ3n) is 2.78. The summed E-state index contributed by atoms with van der Waals surface area (Å²) in [7, 11) is 0. The Bertz CT molecular complexity index is 331. The summed E-state index contributed by atoms with van der Waals surface area (Å²) >= 11 is 11.8. The van der Waals surface area contributed by atoms with Crippen molar-refractivity contribution in [2.24, 2.45) is 5.92 Å². The fourth-order valence-corrected chi connectivity index (χ4v) is 2.38. The lowest BCUT2D eigenvalue weighted by Gasteiger charge is -2.22. The first-order valence-corrected chi connectivity index (χ1v) is 6.29. The third-order valence-corrected chi connectivity index (χ3v) is 3.22. The van der Waals surface area contributed by atoms with Crippen LogP contribution in [0, 0.1) is 5.92 Å². The van der Waals surface area contributed by atoms with Crippen molar-refractivity contribution in [3.05, 3.63) is 28.2 Å². The summed E-state index contributed by atoms with van der Waals surface area (Å²) in [5, 5.41) is 4.57. The molecule has 0 radical (unpaired) electrons. The second-order valence-corrected chi connectivity index (χ2v) is 4.98. The predicted molar refractivity (Wildman–Crippen MR) is 67.6 cm³/mol. The zero-order valence-corrected chi connectivity index (χ0v) is 10.5. The molecule has 1 aliphatic heterocycles. The van der Waals surface area contributed by atoms with Crippen molar-refractivity contribution in [3.63, 3.8) is 0 Å². The van der Waals surface area contributed by atoms with Crippen LogP contribution in [0.25, 0.3) is 0 Å². The molecule has 0 bridgehead atoms. The zero-order chi connectivity index (χ0) is 11.4. The smallest absolute Gasteiger partial charge is 0.122 e. The summed E-state index contributed by atoms with van der Waals surface area (Å²) in [6.07, 6.45) is 2.35. The van der Waals surface area contributed by atoms with E-state index in [1.165, 1.54) is 12.8 Å². The highest BCUT2D eigenvalue weighted by molar-refractivity contribution is 6.34. The number of rotatable bonds is 3. The van der Waals surface area contributed by atoms with Crippen molar-refractivity contribution in [3.8, 4) is 5.75 Å². The number of benzene rings is 1. The van der Waals surface area contributed by atoms with Gasteiger partial charge in [0.1, 0.15) is 5.75 Å². The minimum absolute atomic E-state index is 0.618. The molecule has 0 saturated carbocycles. The van der Waals surface area contributed by atoms with Crippen LogP contribution in [-0.4, -0.2) is 19.7 Å². The molecule has 4 heteroatoms. The predicted octanol–water partition coefficient (Wildman–Crippen LogP) is 3.37. The van der Waals surface area contributed by atoms with Crippen LogP contribution in [0.1, 0.15) is 12.8 Å². The molecule has 0 amide bonds. The van der Waals surface area contributed by atoms with Crippen molar-refractivity contribution in [2.75, 3.05) is 19.7 Å². The molecule has 16 heavy (non-hydrogen) atoms. The van der Waals surface area contributed by atoms with E-state index in [4.69, 9.17) is 27.9 Å².